The molecule has 0 radical (unpaired) electrons. The Bertz CT molecular complexity index is 683. The van der Waals surface area contributed by atoms with Gasteiger partial charge in [0.25, 0.3) is 0 Å². The average molecular weight is 399 g/mol. The topological polar surface area (TPSA) is 65.5 Å². The van der Waals surface area contributed by atoms with E-state index < -0.39 is 0 Å². The van der Waals surface area contributed by atoms with Crippen LogP contribution in [0, 0.1) is 11.8 Å². The van der Waals surface area contributed by atoms with E-state index in [1.54, 1.807) is 0 Å². The summed E-state index contributed by atoms with van der Waals surface area (Å²) in [5.41, 5.74) is 1.08. The molecular formula is C23H34N4O2. The highest BCUT2D eigenvalue weighted by Gasteiger charge is 2.37. The molecule has 1 N–H and O–H groups in total. The third-order valence-corrected chi connectivity index (χ3v) is 6.68. The lowest BCUT2D eigenvalue weighted by atomic mass is 9.93. The molecule has 1 aromatic rings. The summed E-state index contributed by atoms with van der Waals surface area (Å²) in [5.74, 6) is 1.01. The average Bonchev–Trinajstić information content (AvgIpc) is 3.62. The van der Waals surface area contributed by atoms with Gasteiger partial charge in [0.1, 0.15) is 0 Å². The Hall–Kier alpha value is -1.95. The second-order valence-corrected chi connectivity index (χ2v) is 8.88. The monoisotopic (exact) mass is 398 g/mol. The molecule has 1 saturated carbocycles. The van der Waals surface area contributed by atoms with Crippen LogP contribution in [0.1, 0.15) is 50.6 Å². The molecule has 3 fully saturated rings. The summed E-state index contributed by atoms with van der Waals surface area (Å²) < 4.78 is 0. The van der Waals surface area contributed by atoms with Crippen molar-refractivity contribution in [3.05, 3.63) is 30.1 Å². The number of likely N-dealkylation sites (tertiary alicyclic amines) is 2. The van der Waals surface area contributed by atoms with Crippen molar-refractivity contribution < 1.29 is 9.59 Å². The number of hydrogen-bond acceptors (Lipinski definition) is 4. The van der Waals surface area contributed by atoms with E-state index in [4.69, 9.17) is 0 Å². The largest absolute Gasteiger partial charge is 0.356 e. The van der Waals surface area contributed by atoms with Gasteiger partial charge in [-0.05, 0) is 70.0 Å². The van der Waals surface area contributed by atoms with E-state index in [0.29, 0.717) is 24.4 Å². The van der Waals surface area contributed by atoms with Gasteiger partial charge in [0.2, 0.25) is 11.8 Å². The number of nitrogens with one attached hydrogen (secondary N) is 1. The smallest absolute Gasteiger partial charge is 0.225 e. The number of hydrogen-bond donors (Lipinski definition) is 1. The molecule has 4 rings (SSSR count). The van der Waals surface area contributed by atoms with E-state index in [9.17, 15) is 9.59 Å². The van der Waals surface area contributed by atoms with Crippen LogP contribution in [0.25, 0.3) is 0 Å². The summed E-state index contributed by atoms with van der Waals surface area (Å²) in [7, 11) is 0. The summed E-state index contributed by atoms with van der Waals surface area (Å²) in [4.78, 5) is 33.8. The van der Waals surface area contributed by atoms with Gasteiger partial charge in [0.05, 0.1) is 5.92 Å². The maximum Gasteiger partial charge on any atom is 0.225 e. The van der Waals surface area contributed by atoms with Crippen LogP contribution >= 0.6 is 0 Å². The van der Waals surface area contributed by atoms with Gasteiger partial charge in [-0.1, -0.05) is 6.07 Å². The SMILES string of the molecule is O=C(NCCCc1ccccn1)[C@H]1CCCN(C2CCN(C(=O)C3CC3)CC2)C1. The van der Waals surface area contributed by atoms with Crippen LogP contribution in [-0.2, 0) is 16.0 Å². The molecular weight excluding hydrogens is 364 g/mol. The first-order chi connectivity index (χ1) is 14.2. The second kappa shape index (κ2) is 9.70. The Kier molecular flexibility index (Phi) is 6.80. The minimum atomic E-state index is 0.102. The van der Waals surface area contributed by atoms with Crippen molar-refractivity contribution in [1.29, 1.82) is 0 Å². The molecule has 1 atom stereocenters. The lowest BCUT2D eigenvalue weighted by Gasteiger charge is -2.42. The highest BCUT2D eigenvalue weighted by Crippen LogP contribution is 2.32. The Labute approximate surface area is 174 Å². The van der Waals surface area contributed by atoms with E-state index in [0.717, 1.165) is 83.2 Å². The third kappa shape index (κ3) is 5.56. The van der Waals surface area contributed by atoms with E-state index in [-0.39, 0.29) is 11.8 Å². The van der Waals surface area contributed by atoms with E-state index in [2.05, 4.69) is 20.1 Å². The highest BCUT2D eigenvalue weighted by atomic mass is 16.2. The van der Waals surface area contributed by atoms with Crippen molar-refractivity contribution in [1.82, 2.24) is 20.1 Å². The molecule has 0 unspecified atom stereocenters. The van der Waals surface area contributed by atoms with E-state index in [1.807, 2.05) is 24.4 Å². The van der Waals surface area contributed by atoms with Crippen molar-refractivity contribution >= 4 is 11.8 Å². The van der Waals surface area contributed by atoms with Gasteiger partial charge in [-0.3, -0.25) is 19.5 Å². The molecule has 29 heavy (non-hydrogen) atoms. The normalized spacial score (nSPS) is 23.7. The summed E-state index contributed by atoms with van der Waals surface area (Å²) in [6.07, 6.45) is 10.00. The zero-order chi connectivity index (χ0) is 20.1. The molecule has 0 bridgehead atoms. The van der Waals surface area contributed by atoms with E-state index in [1.165, 1.54) is 0 Å². The molecule has 0 aromatic carbocycles. The van der Waals surface area contributed by atoms with Gasteiger partial charge in [-0.2, -0.15) is 0 Å². The van der Waals surface area contributed by atoms with Crippen molar-refractivity contribution in [2.45, 2.75) is 57.4 Å². The van der Waals surface area contributed by atoms with Gasteiger partial charge in [0.15, 0.2) is 0 Å². The number of piperidine rings is 2. The molecule has 2 aliphatic heterocycles. The van der Waals surface area contributed by atoms with Crippen LogP contribution in [0.5, 0.6) is 0 Å². The van der Waals surface area contributed by atoms with Gasteiger partial charge < -0.3 is 10.2 Å². The molecule has 3 aliphatic rings. The first-order valence-electron chi connectivity index (χ1n) is 11.4. The van der Waals surface area contributed by atoms with Crippen molar-refractivity contribution in [3.8, 4) is 0 Å². The molecule has 3 heterocycles. The Balaban J connectivity index is 1.17. The van der Waals surface area contributed by atoms with Crippen LogP contribution in [0.2, 0.25) is 0 Å². The predicted octanol–water partition coefficient (Wildman–Crippen LogP) is 2.24. The quantitative estimate of drug-likeness (QED) is 0.716. The summed E-state index contributed by atoms with van der Waals surface area (Å²) in [5, 5.41) is 3.14. The number of aromatic nitrogens is 1. The Morgan fingerprint density at radius 2 is 1.86 bits per heavy atom. The van der Waals surface area contributed by atoms with Crippen LogP contribution < -0.4 is 5.32 Å². The summed E-state index contributed by atoms with van der Waals surface area (Å²) in [6.45, 7) is 4.45. The number of amides is 2. The molecule has 158 valence electrons. The summed E-state index contributed by atoms with van der Waals surface area (Å²) in [6, 6.07) is 6.49. The molecule has 1 aliphatic carbocycles. The van der Waals surface area contributed by atoms with Crippen LogP contribution in [0.15, 0.2) is 24.4 Å². The van der Waals surface area contributed by atoms with Gasteiger partial charge in [-0.15, -0.1) is 0 Å². The Morgan fingerprint density at radius 1 is 1.03 bits per heavy atom. The maximum atomic E-state index is 12.7. The fourth-order valence-corrected chi connectivity index (χ4v) is 4.76. The number of aryl methyl sites for hydroxylation is 1. The number of carbonyl (C=O) groups excluding carboxylic acids is 2. The molecule has 1 aromatic heterocycles. The van der Waals surface area contributed by atoms with Crippen LogP contribution in [0.3, 0.4) is 0 Å². The Morgan fingerprint density at radius 3 is 2.59 bits per heavy atom. The first kappa shape index (κ1) is 20.3. The lowest BCUT2D eigenvalue weighted by Crippen LogP contribution is -2.51. The minimum absolute atomic E-state index is 0.102. The fourth-order valence-electron chi connectivity index (χ4n) is 4.76. The minimum Gasteiger partial charge on any atom is -0.356 e. The standard InChI is InChI=1S/C23H34N4O2/c28-22(25-13-3-7-20-6-1-2-12-24-20)19-5-4-14-27(17-19)21-10-15-26(16-11-21)23(29)18-8-9-18/h1-2,6,12,18-19,21H,3-5,7-11,13-17H2,(H,25,28)/t19-/m0/s1. The number of pyridine rings is 1. The maximum absolute atomic E-state index is 12.7. The van der Waals surface area contributed by atoms with Crippen molar-refractivity contribution in [3.63, 3.8) is 0 Å². The van der Waals surface area contributed by atoms with E-state index >= 15 is 0 Å². The zero-order valence-electron chi connectivity index (χ0n) is 17.4. The molecule has 2 saturated heterocycles. The fraction of sp³-hybridized carbons (Fsp3) is 0.696. The van der Waals surface area contributed by atoms with Gasteiger partial charge in [-0.25, -0.2) is 0 Å². The zero-order valence-corrected chi connectivity index (χ0v) is 17.4. The van der Waals surface area contributed by atoms with Gasteiger partial charge in [0, 0.05) is 50.0 Å². The second-order valence-electron chi connectivity index (χ2n) is 8.88. The molecule has 6 heteroatoms. The lowest BCUT2D eigenvalue weighted by molar-refractivity contribution is -0.134. The predicted molar refractivity (Wildman–Crippen MR) is 112 cm³/mol. The third-order valence-electron chi connectivity index (χ3n) is 6.68. The highest BCUT2D eigenvalue weighted by molar-refractivity contribution is 5.81. The number of carbonyl (C=O) groups is 2. The van der Waals surface area contributed by atoms with Crippen molar-refractivity contribution in [2.75, 3.05) is 32.7 Å². The number of nitrogens with zero attached hydrogens (tertiary/aromatic N) is 3. The molecule has 6 nitrogen and oxygen atoms in total. The summed E-state index contributed by atoms with van der Waals surface area (Å²) >= 11 is 0. The molecule has 2 amide bonds. The van der Waals surface area contributed by atoms with Crippen LogP contribution in [0.4, 0.5) is 0 Å². The van der Waals surface area contributed by atoms with Crippen molar-refractivity contribution in [2.24, 2.45) is 11.8 Å². The first-order valence-corrected chi connectivity index (χ1v) is 11.4. The van der Waals surface area contributed by atoms with Crippen LogP contribution in [-0.4, -0.2) is 65.4 Å². The molecule has 0 spiro atoms. The number of rotatable bonds is 7. The van der Waals surface area contributed by atoms with Gasteiger partial charge >= 0.3 is 0 Å².